The van der Waals surface area contributed by atoms with Gasteiger partial charge < -0.3 is 9.80 Å². The molecule has 1 saturated heterocycles. The summed E-state index contributed by atoms with van der Waals surface area (Å²) in [6.45, 7) is 5.14. The van der Waals surface area contributed by atoms with E-state index in [0.29, 0.717) is 24.2 Å². The van der Waals surface area contributed by atoms with Gasteiger partial charge in [0.2, 0.25) is 0 Å². The molecule has 1 aliphatic heterocycles. The maximum Gasteiger partial charge on any atom is 0.254 e. The van der Waals surface area contributed by atoms with E-state index in [9.17, 15) is 4.79 Å². The molecule has 0 aliphatic carbocycles. The number of nitriles is 1. The number of nitrogens with zero attached hydrogens (tertiary/aromatic N) is 3. The van der Waals surface area contributed by atoms with Crippen LogP contribution in [0.4, 0.5) is 5.69 Å². The summed E-state index contributed by atoms with van der Waals surface area (Å²) >= 11 is 0. The van der Waals surface area contributed by atoms with Crippen LogP contribution in [0.25, 0.3) is 0 Å². The lowest BCUT2D eigenvalue weighted by Crippen LogP contribution is -2.48. The molecule has 23 heavy (non-hydrogen) atoms. The number of carbonyl (C=O) groups excluding carboxylic acids is 1. The van der Waals surface area contributed by atoms with Crippen molar-refractivity contribution in [3.63, 3.8) is 0 Å². The average molecular weight is 305 g/mol. The standard InChI is InChI=1S/C19H19N3O/c1-15-4-2-7-18(12-15)21-8-10-22(11-9-21)19(23)17-6-3-5-16(13-17)14-20/h2-7,12-13H,8-11H2,1H3. The van der Waals surface area contributed by atoms with Crippen LogP contribution in [-0.2, 0) is 0 Å². The van der Waals surface area contributed by atoms with Crippen molar-refractivity contribution >= 4 is 11.6 Å². The number of piperazine rings is 1. The maximum absolute atomic E-state index is 12.6. The first-order valence-electron chi connectivity index (χ1n) is 7.78. The van der Waals surface area contributed by atoms with Gasteiger partial charge in [0.15, 0.2) is 0 Å². The predicted molar refractivity (Wildman–Crippen MR) is 90.5 cm³/mol. The predicted octanol–water partition coefficient (Wildman–Crippen LogP) is 2.83. The van der Waals surface area contributed by atoms with E-state index in [2.05, 4.69) is 42.2 Å². The van der Waals surface area contributed by atoms with Crippen molar-refractivity contribution in [1.29, 1.82) is 5.26 Å². The van der Waals surface area contributed by atoms with Crippen LogP contribution in [-0.4, -0.2) is 37.0 Å². The minimum absolute atomic E-state index is 0.00555. The number of rotatable bonds is 2. The van der Waals surface area contributed by atoms with Crippen molar-refractivity contribution in [2.24, 2.45) is 0 Å². The van der Waals surface area contributed by atoms with Gasteiger partial charge in [-0.05, 0) is 42.8 Å². The number of hydrogen-bond donors (Lipinski definition) is 0. The molecule has 2 aromatic rings. The van der Waals surface area contributed by atoms with Gasteiger partial charge in [-0.25, -0.2) is 0 Å². The minimum Gasteiger partial charge on any atom is -0.368 e. The van der Waals surface area contributed by atoms with Gasteiger partial charge >= 0.3 is 0 Å². The van der Waals surface area contributed by atoms with Gasteiger partial charge in [-0.3, -0.25) is 4.79 Å². The highest BCUT2D eigenvalue weighted by atomic mass is 16.2. The Balaban J connectivity index is 1.66. The molecule has 4 nitrogen and oxygen atoms in total. The van der Waals surface area contributed by atoms with Crippen molar-refractivity contribution < 1.29 is 4.79 Å². The van der Waals surface area contributed by atoms with Crippen LogP contribution in [0.5, 0.6) is 0 Å². The summed E-state index contributed by atoms with van der Waals surface area (Å²) in [7, 11) is 0. The maximum atomic E-state index is 12.6. The second-order valence-corrected chi connectivity index (χ2v) is 5.81. The summed E-state index contributed by atoms with van der Waals surface area (Å²) in [5.74, 6) is 0.00555. The van der Waals surface area contributed by atoms with E-state index in [1.165, 1.54) is 11.3 Å². The Hall–Kier alpha value is -2.80. The van der Waals surface area contributed by atoms with Gasteiger partial charge in [-0.2, -0.15) is 5.26 Å². The molecule has 1 aliphatic rings. The van der Waals surface area contributed by atoms with E-state index in [-0.39, 0.29) is 5.91 Å². The topological polar surface area (TPSA) is 47.3 Å². The number of anilines is 1. The van der Waals surface area contributed by atoms with Gasteiger partial charge in [-0.1, -0.05) is 18.2 Å². The number of benzene rings is 2. The van der Waals surface area contributed by atoms with E-state index in [4.69, 9.17) is 5.26 Å². The van der Waals surface area contributed by atoms with Crippen LogP contribution in [0, 0.1) is 18.3 Å². The van der Waals surface area contributed by atoms with Crippen LogP contribution < -0.4 is 4.90 Å². The van der Waals surface area contributed by atoms with Crippen LogP contribution in [0.1, 0.15) is 21.5 Å². The number of carbonyl (C=O) groups is 1. The van der Waals surface area contributed by atoms with Crippen molar-refractivity contribution in [2.75, 3.05) is 31.1 Å². The molecule has 1 fully saturated rings. The quantitative estimate of drug-likeness (QED) is 0.857. The first kappa shape index (κ1) is 15.1. The molecule has 1 heterocycles. The van der Waals surface area contributed by atoms with Gasteiger partial charge in [0, 0.05) is 37.4 Å². The molecule has 0 spiro atoms. The van der Waals surface area contributed by atoms with Gasteiger partial charge in [0.25, 0.3) is 5.91 Å². The zero-order valence-corrected chi connectivity index (χ0v) is 13.2. The zero-order valence-electron chi connectivity index (χ0n) is 13.2. The normalized spacial score (nSPS) is 14.4. The Kier molecular flexibility index (Phi) is 4.29. The summed E-state index contributed by atoms with van der Waals surface area (Å²) in [6.07, 6.45) is 0. The van der Waals surface area contributed by atoms with E-state index < -0.39 is 0 Å². The van der Waals surface area contributed by atoms with E-state index in [1.54, 1.807) is 24.3 Å². The third-order valence-electron chi connectivity index (χ3n) is 4.17. The molecule has 4 heteroatoms. The second kappa shape index (κ2) is 6.53. The molecule has 0 bridgehead atoms. The Bertz CT molecular complexity index is 755. The highest BCUT2D eigenvalue weighted by molar-refractivity contribution is 5.94. The monoisotopic (exact) mass is 305 g/mol. The van der Waals surface area contributed by atoms with Crippen LogP contribution in [0.15, 0.2) is 48.5 Å². The largest absolute Gasteiger partial charge is 0.368 e. The molecular formula is C19H19N3O. The fourth-order valence-corrected chi connectivity index (χ4v) is 2.90. The van der Waals surface area contributed by atoms with Gasteiger partial charge in [-0.15, -0.1) is 0 Å². The third-order valence-corrected chi connectivity index (χ3v) is 4.17. The molecule has 0 radical (unpaired) electrons. The Morgan fingerprint density at radius 3 is 2.48 bits per heavy atom. The molecule has 3 rings (SSSR count). The third kappa shape index (κ3) is 3.35. The molecule has 0 aromatic heterocycles. The highest BCUT2D eigenvalue weighted by Gasteiger charge is 2.22. The summed E-state index contributed by atoms with van der Waals surface area (Å²) in [6, 6.07) is 17.4. The van der Waals surface area contributed by atoms with Gasteiger partial charge in [0.1, 0.15) is 0 Å². The van der Waals surface area contributed by atoms with E-state index in [0.717, 1.165) is 13.1 Å². The lowest BCUT2D eigenvalue weighted by atomic mass is 10.1. The van der Waals surface area contributed by atoms with Crippen molar-refractivity contribution in [3.8, 4) is 6.07 Å². The molecule has 0 saturated carbocycles. The van der Waals surface area contributed by atoms with E-state index in [1.807, 2.05) is 4.90 Å². The van der Waals surface area contributed by atoms with Crippen molar-refractivity contribution in [2.45, 2.75) is 6.92 Å². The summed E-state index contributed by atoms with van der Waals surface area (Å²) in [5, 5.41) is 8.96. The molecule has 1 amide bonds. The lowest BCUT2D eigenvalue weighted by Gasteiger charge is -2.36. The first-order chi connectivity index (χ1) is 11.2. The number of hydrogen-bond acceptors (Lipinski definition) is 3. The fraction of sp³-hybridized carbons (Fsp3) is 0.263. The Labute approximate surface area is 136 Å². The number of aryl methyl sites for hydroxylation is 1. The molecule has 0 unspecified atom stereocenters. The minimum atomic E-state index is 0.00555. The molecule has 0 atom stereocenters. The molecule has 116 valence electrons. The number of amides is 1. The lowest BCUT2D eigenvalue weighted by molar-refractivity contribution is 0.0746. The summed E-state index contributed by atoms with van der Waals surface area (Å²) in [5.41, 5.74) is 3.57. The molecule has 2 aromatic carbocycles. The summed E-state index contributed by atoms with van der Waals surface area (Å²) < 4.78 is 0. The Morgan fingerprint density at radius 1 is 1.04 bits per heavy atom. The molecule has 0 N–H and O–H groups in total. The first-order valence-corrected chi connectivity index (χ1v) is 7.78. The van der Waals surface area contributed by atoms with Crippen LogP contribution >= 0.6 is 0 Å². The fourth-order valence-electron chi connectivity index (χ4n) is 2.90. The smallest absolute Gasteiger partial charge is 0.254 e. The zero-order chi connectivity index (χ0) is 16.2. The SMILES string of the molecule is Cc1cccc(N2CCN(C(=O)c3cccc(C#N)c3)CC2)c1. The Morgan fingerprint density at radius 2 is 1.78 bits per heavy atom. The highest BCUT2D eigenvalue weighted by Crippen LogP contribution is 2.18. The average Bonchev–Trinajstić information content (AvgIpc) is 2.61. The second-order valence-electron chi connectivity index (χ2n) is 5.81. The van der Waals surface area contributed by atoms with Crippen LogP contribution in [0.2, 0.25) is 0 Å². The van der Waals surface area contributed by atoms with E-state index >= 15 is 0 Å². The summed E-state index contributed by atoms with van der Waals surface area (Å²) in [4.78, 5) is 16.7. The van der Waals surface area contributed by atoms with Crippen molar-refractivity contribution in [1.82, 2.24) is 4.90 Å². The molecular weight excluding hydrogens is 286 g/mol. The van der Waals surface area contributed by atoms with Gasteiger partial charge in [0.05, 0.1) is 11.6 Å². The van der Waals surface area contributed by atoms with Crippen molar-refractivity contribution in [3.05, 3.63) is 65.2 Å². The van der Waals surface area contributed by atoms with Crippen LogP contribution in [0.3, 0.4) is 0 Å².